The molecule has 2 aromatic rings. The Morgan fingerprint density at radius 2 is 1.43 bits per heavy atom. The second kappa shape index (κ2) is 11.8. The summed E-state index contributed by atoms with van der Waals surface area (Å²) in [7, 11) is -3.67. The van der Waals surface area contributed by atoms with Crippen LogP contribution >= 0.6 is 0 Å². The van der Waals surface area contributed by atoms with Crippen LogP contribution in [0.15, 0.2) is 63.7 Å². The predicted octanol–water partition coefficient (Wildman–Crippen LogP) is 1.48. The average molecular weight is 457 g/mol. The lowest BCUT2D eigenvalue weighted by Crippen LogP contribution is -2.29. The molecule has 2 N–H and O–H groups in total. The zero-order chi connectivity index (χ0) is 22.0. The van der Waals surface area contributed by atoms with Gasteiger partial charge in [0.25, 0.3) is 0 Å². The molecule has 0 saturated carbocycles. The van der Waals surface area contributed by atoms with Gasteiger partial charge in [-0.1, -0.05) is 0 Å². The van der Waals surface area contributed by atoms with E-state index in [0.29, 0.717) is 24.5 Å². The van der Waals surface area contributed by atoms with Crippen LogP contribution in [0.2, 0.25) is 0 Å². The topological polar surface area (TPSA) is 152 Å². The van der Waals surface area contributed by atoms with Crippen molar-refractivity contribution in [1.82, 2.24) is 0 Å². The minimum atomic E-state index is -3.67. The van der Waals surface area contributed by atoms with Gasteiger partial charge in [0.05, 0.1) is 53.2 Å². The van der Waals surface area contributed by atoms with Crippen molar-refractivity contribution in [3.63, 3.8) is 0 Å². The van der Waals surface area contributed by atoms with Gasteiger partial charge < -0.3 is 19.7 Å². The van der Waals surface area contributed by atoms with Gasteiger partial charge in [0.1, 0.15) is 0 Å². The van der Waals surface area contributed by atoms with Crippen molar-refractivity contribution in [2.75, 3.05) is 43.6 Å². The molecule has 2 aromatic carbocycles. The molecule has 0 aliphatic rings. The third-order valence-electron chi connectivity index (χ3n) is 3.96. The minimum absolute atomic E-state index is 0.0268. The predicted molar refractivity (Wildman–Crippen MR) is 110 cm³/mol. The number of azo groups is 1. The van der Waals surface area contributed by atoms with E-state index in [1.165, 1.54) is 24.3 Å². The fourth-order valence-electron chi connectivity index (χ4n) is 2.51. The summed E-state index contributed by atoms with van der Waals surface area (Å²) in [5.41, 5.74) is 1.85. The molecule has 0 aliphatic carbocycles. The Bertz CT molecular complexity index is 943. The highest BCUT2D eigenvalue weighted by atomic mass is 32.2. The van der Waals surface area contributed by atoms with E-state index in [1.54, 1.807) is 24.3 Å². The van der Waals surface area contributed by atoms with Crippen LogP contribution in [0.4, 0.5) is 17.1 Å². The first-order valence-electron chi connectivity index (χ1n) is 8.89. The molecule has 0 heterocycles. The van der Waals surface area contributed by atoms with Gasteiger partial charge in [-0.25, -0.2) is 12.6 Å². The summed E-state index contributed by atoms with van der Waals surface area (Å²) < 4.78 is 49.1. The van der Waals surface area contributed by atoms with Crippen LogP contribution in [0.5, 0.6) is 0 Å². The van der Waals surface area contributed by atoms with Gasteiger partial charge >= 0.3 is 0 Å². The Balaban J connectivity index is 2.02. The van der Waals surface area contributed by atoms with Crippen molar-refractivity contribution >= 4 is 38.3 Å². The van der Waals surface area contributed by atoms with Crippen LogP contribution in [0.3, 0.4) is 0 Å². The fraction of sp³-hybridized carbons (Fsp3) is 0.333. The molecule has 0 spiro atoms. The molecule has 1 unspecified atom stereocenters. The van der Waals surface area contributed by atoms with Crippen molar-refractivity contribution in [1.29, 1.82) is 0 Å². The van der Waals surface area contributed by atoms with Crippen molar-refractivity contribution in [2.24, 2.45) is 10.2 Å². The summed E-state index contributed by atoms with van der Waals surface area (Å²) in [4.78, 5) is 1.86. The molecule has 0 aromatic heterocycles. The first kappa shape index (κ1) is 24.1. The van der Waals surface area contributed by atoms with E-state index in [0.717, 1.165) is 5.69 Å². The number of nitrogens with zero attached hydrogens (tertiary/aromatic N) is 3. The summed E-state index contributed by atoms with van der Waals surface area (Å²) in [6, 6.07) is 12.8. The molecule has 30 heavy (non-hydrogen) atoms. The molecule has 0 aliphatic heterocycles. The van der Waals surface area contributed by atoms with Gasteiger partial charge in [-0.05, 0) is 48.5 Å². The smallest absolute Gasteiger partial charge is 0.180 e. The van der Waals surface area contributed by atoms with Gasteiger partial charge in [0, 0.05) is 18.8 Å². The Labute approximate surface area is 177 Å². The van der Waals surface area contributed by atoms with Gasteiger partial charge in [0.15, 0.2) is 9.84 Å². The number of aliphatic hydroxyl groups is 2. The fourth-order valence-corrected chi connectivity index (χ4v) is 3.92. The van der Waals surface area contributed by atoms with Crippen molar-refractivity contribution in [2.45, 2.75) is 4.90 Å². The summed E-state index contributed by atoms with van der Waals surface area (Å²) >= 11 is -2.75. The molecule has 164 valence electrons. The van der Waals surface area contributed by atoms with Gasteiger partial charge in [0.2, 0.25) is 0 Å². The largest absolute Gasteiger partial charge is 0.750 e. The molecule has 0 radical (unpaired) electrons. The number of aliphatic hydroxyl groups excluding tert-OH is 2. The Morgan fingerprint density at radius 3 is 1.90 bits per heavy atom. The van der Waals surface area contributed by atoms with E-state index in [4.69, 9.17) is 10.2 Å². The zero-order valence-corrected chi connectivity index (χ0v) is 17.6. The number of benzene rings is 2. The van der Waals surface area contributed by atoms with Crippen LogP contribution in [0, 0.1) is 0 Å². The van der Waals surface area contributed by atoms with E-state index >= 15 is 0 Å². The maximum Gasteiger partial charge on any atom is 0.180 e. The second-order valence-electron chi connectivity index (χ2n) is 5.99. The average Bonchev–Trinajstić information content (AvgIpc) is 2.72. The maximum atomic E-state index is 12.1. The monoisotopic (exact) mass is 456 g/mol. The summed E-state index contributed by atoms with van der Waals surface area (Å²) in [6.45, 7) is 0.287. The summed E-state index contributed by atoms with van der Waals surface area (Å²) in [6.07, 6.45) is 0. The molecule has 0 amide bonds. The lowest BCUT2D eigenvalue weighted by atomic mass is 10.2. The van der Waals surface area contributed by atoms with E-state index in [1.807, 2.05) is 4.90 Å². The second-order valence-corrected chi connectivity index (χ2v) is 8.74. The Hall–Kier alpha value is -2.22. The molecule has 0 fully saturated rings. The molecular formula is C18H22N3O7S2-. The molecule has 0 bridgehead atoms. The summed E-state index contributed by atoms with van der Waals surface area (Å²) in [5.74, 6) is -0.461. The highest BCUT2D eigenvalue weighted by Crippen LogP contribution is 2.23. The van der Waals surface area contributed by atoms with Crippen LogP contribution in [0.25, 0.3) is 0 Å². The van der Waals surface area contributed by atoms with E-state index in [2.05, 4.69) is 14.4 Å². The number of hydrogen-bond acceptors (Lipinski definition) is 10. The van der Waals surface area contributed by atoms with E-state index in [9.17, 15) is 17.2 Å². The minimum Gasteiger partial charge on any atom is -0.750 e. The third kappa shape index (κ3) is 7.55. The molecule has 12 heteroatoms. The molecule has 2 rings (SSSR count). The zero-order valence-electron chi connectivity index (χ0n) is 16.0. The van der Waals surface area contributed by atoms with Crippen molar-refractivity contribution in [3.05, 3.63) is 48.5 Å². The number of anilines is 1. The normalized spacial score (nSPS) is 12.9. The van der Waals surface area contributed by atoms with Crippen LogP contribution in [-0.4, -0.2) is 66.1 Å². The Morgan fingerprint density at radius 1 is 0.933 bits per heavy atom. The Kier molecular flexibility index (Phi) is 9.49. The molecular weight excluding hydrogens is 434 g/mol. The number of rotatable bonds is 12. The molecule has 0 saturated heterocycles. The maximum absolute atomic E-state index is 12.1. The van der Waals surface area contributed by atoms with Crippen molar-refractivity contribution < 1.29 is 31.6 Å². The SMILES string of the molecule is O=S([O-])OCCS(=O)(=O)c1ccc(N=Nc2ccc(N(CCO)CCO)cc2)cc1. The number of sulfone groups is 1. The lowest BCUT2D eigenvalue weighted by molar-refractivity contribution is 0.281. The van der Waals surface area contributed by atoms with Gasteiger partial charge in [-0.2, -0.15) is 10.2 Å². The standard InChI is InChI=1S/C18H23N3O7S2/c22-11-9-21(10-12-23)17-5-1-15(2-6-17)19-20-16-3-7-18(8-4-16)30(26,27)14-13-28-29(24)25/h1-8,22-23H,9-14H2,(H,24,25)/p-1. The number of hydrogen-bond donors (Lipinski definition) is 2. The van der Waals surface area contributed by atoms with Crippen LogP contribution in [0.1, 0.15) is 0 Å². The third-order valence-corrected chi connectivity index (χ3v) is 6.02. The molecule has 10 nitrogen and oxygen atoms in total. The highest BCUT2D eigenvalue weighted by molar-refractivity contribution is 7.91. The lowest BCUT2D eigenvalue weighted by Gasteiger charge is -2.22. The quantitative estimate of drug-likeness (QED) is 0.360. The van der Waals surface area contributed by atoms with Crippen LogP contribution in [-0.2, 0) is 25.4 Å². The molecule has 1 atom stereocenters. The first-order chi connectivity index (χ1) is 14.4. The first-order valence-corrected chi connectivity index (χ1v) is 11.5. The summed E-state index contributed by atoms with van der Waals surface area (Å²) in [5, 5.41) is 26.4. The van der Waals surface area contributed by atoms with E-state index in [-0.39, 0.29) is 18.1 Å². The van der Waals surface area contributed by atoms with Crippen molar-refractivity contribution in [3.8, 4) is 0 Å². The van der Waals surface area contributed by atoms with E-state index < -0.39 is 33.6 Å². The van der Waals surface area contributed by atoms with Gasteiger partial charge in [-0.15, -0.1) is 0 Å². The van der Waals surface area contributed by atoms with Gasteiger partial charge in [-0.3, -0.25) is 4.18 Å². The highest BCUT2D eigenvalue weighted by Gasteiger charge is 2.14. The van der Waals surface area contributed by atoms with Crippen LogP contribution < -0.4 is 4.90 Å².